The lowest BCUT2D eigenvalue weighted by Gasteiger charge is -2.44. The number of hydrogen-bond donors (Lipinski definition) is 1. The summed E-state index contributed by atoms with van der Waals surface area (Å²) in [6.07, 6.45) is 7.37. The molecule has 1 aliphatic carbocycles. The van der Waals surface area contributed by atoms with Gasteiger partial charge in [0.25, 0.3) is 0 Å². The zero-order valence-electron chi connectivity index (χ0n) is 11.3. The Labute approximate surface area is 118 Å². The van der Waals surface area contributed by atoms with Crippen LogP contribution in [-0.4, -0.2) is 46.3 Å². The highest BCUT2D eigenvalue weighted by Crippen LogP contribution is 2.33. The Morgan fingerprint density at radius 3 is 2.68 bits per heavy atom. The molecule has 0 bridgehead atoms. The first-order valence-corrected chi connectivity index (χ1v) is 8.46. The summed E-state index contributed by atoms with van der Waals surface area (Å²) in [5, 5.41) is 3.54. The number of rotatable bonds is 2. The van der Waals surface area contributed by atoms with E-state index in [2.05, 4.69) is 5.32 Å². The molecule has 2 heterocycles. The topological polar surface area (TPSA) is 49.4 Å². The lowest BCUT2D eigenvalue weighted by atomic mass is 9.79. The SMILES string of the molecule is O=C1CN(CC2CCCS2)C(=O)C2(CCCCC2)N1. The van der Waals surface area contributed by atoms with E-state index in [0.717, 1.165) is 32.2 Å². The van der Waals surface area contributed by atoms with Gasteiger partial charge in [-0.25, -0.2) is 0 Å². The van der Waals surface area contributed by atoms with Gasteiger partial charge in [-0.15, -0.1) is 0 Å². The fraction of sp³-hybridized carbons (Fsp3) is 0.857. The fourth-order valence-corrected chi connectivity index (χ4v) is 4.87. The molecule has 1 atom stereocenters. The quantitative estimate of drug-likeness (QED) is 0.836. The molecule has 1 unspecified atom stereocenters. The summed E-state index contributed by atoms with van der Waals surface area (Å²) in [4.78, 5) is 26.5. The second kappa shape index (κ2) is 5.35. The standard InChI is InChI=1S/C14H22N2O2S/c17-12-10-16(9-11-5-4-8-19-11)13(18)14(15-12)6-2-1-3-7-14/h11H,1-10H2,(H,15,17). The van der Waals surface area contributed by atoms with Crippen LogP contribution in [0.4, 0.5) is 0 Å². The van der Waals surface area contributed by atoms with E-state index in [-0.39, 0.29) is 18.4 Å². The zero-order chi connectivity index (χ0) is 13.3. The van der Waals surface area contributed by atoms with Crippen LogP contribution < -0.4 is 5.32 Å². The van der Waals surface area contributed by atoms with Crippen molar-refractivity contribution in [3.8, 4) is 0 Å². The van der Waals surface area contributed by atoms with Crippen LogP contribution >= 0.6 is 11.8 Å². The maximum Gasteiger partial charge on any atom is 0.248 e. The highest BCUT2D eigenvalue weighted by molar-refractivity contribution is 8.00. The van der Waals surface area contributed by atoms with E-state index in [9.17, 15) is 9.59 Å². The van der Waals surface area contributed by atoms with E-state index in [1.54, 1.807) is 0 Å². The largest absolute Gasteiger partial charge is 0.340 e. The Kier molecular flexibility index (Phi) is 3.74. The van der Waals surface area contributed by atoms with Crippen LogP contribution in [0.2, 0.25) is 0 Å². The molecule has 2 aliphatic heterocycles. The van der Waals surface area contributed by atoms with Gasteiger partial charge in [0.2, 0.25) is 11.8 Å². The van der Waals surface area contributed by atoms with Gasteiger partial charge in [-0.1, -0.05) is 19.3 Å². The summed E-state index contributed by atoms with van der Waals surface area (Å²) in [6.45, 7) is 1.02. The van der Waals surface area contributed by atoms with Gasteiger partial charge in [-0.3, -0.25) is 9.59 Å². The Morgan fingerprint density at radius 1 is 1.21 bits per heavy atom. The molecule has 19 heavy (non-hydrogen) atoms. The van der Waals surface area contributed by atoms with Gasteiger partial charge in [-0.2, -0.15) is 11.8 Å². The minimum absolute atomic E-state index is 0.0319. The van der Waals surface area contributed by atoms with E-state index in [0.29, 0.717) is 5.25 Å². The number of nitrogens with one attached hydrogen (secondary N) is 1. The summed E-state index contributed by atoms with van der Waals surface area (Å²) in [5.74, 6) is 1.41. The molecular weight excluding hydrogens is 260 g/mol. The van der Waals surface area contributed by atoms with Gasteiger partial charge in [0, 0.05) is 11.8 Å². The molecule has 0 aromatic rings. The van der Waals surface area contributed by atoms with Gasteiger partial charge in [-0.05, 0) is 31.4 Å². The van der Waals surface area contributed by atoms with E-state index in [4.69, 9.17) is 0 Å². The number of thioether (sulfide) groups is 1. The molecule has 106 valence electrons. The highest BCUT2D eigenvalue weighted by atomic mass is 32.2. The summed E-state index contributed by atoms with van der Waals surface area (Å²) < 4.78 is 0. The molecule has 0 radical (unpaired) electrons. The highest BCUT2D eigenvalue weighted by Gasteiger charge is 2.47. The van der Waals surface area contributed by atoms with Crippen LogP contribution in [0.3, 0.4) is 0 Å². The molecule has 1 N–H and O–H groups in total. The van der Waals surface area contributed by atoms with E-state index >= 15 is 0 Å². The van der Waals surface area contributed by atoms with Crippen LogP contribution in [0.5, 0.6) is 0 Å². The number of hydrogen-bond acceptors (Lipinski definition) is 3. The molecular formula is C14H22N2O2S. The lowest BCUT2D eigenvalue weighted by Crippen LogP contribution is -2.67. The lowest BCUT2D eigenvalue weighted by molar-refractivity contribution is -0.151. The summed E-state index contributed by atoms with van der Waals surface area (Å²) in [7, 11) is 0. The summed E-state index contributed by atoms with van der Waals surface area (Å²) >= 11 is 1.95. The molecule has 3 fully saturated rings. The van der Waals surface area contributed by atoms with Crippen molar-refractivity contribution in [2.45, 2.75) is 55.7 Å². The molecule has 1 spiro atoms. The number of piperazine rings is 1. The summed E-state index contributed by atoms with van der Waals surface area (Å²) in [6, 6.07) is 0. The van der Waals surface area contributed by atoms with Gasteiger partial charge >= 0.3 is 0 Å². The molecule has 0 aromatic carbocycles. The van der Waals surface area contributed by atoms with E-state index in [1.165, 1.54) is 25.0 Å². The Balaban J connectivity index is 1.72. The van der Waals surface area contributed by atoms with Crippen LogP contribution in [0.1, 0.15) is 44.9 Å². The van der Waals surface area contributed by atoms with Crippen LogP contribution in [-0.2, 0) is 9.59 Å². The van der Waals surface area contributed by atoms with Crippen molar-refractivity contribution < 1.29 is 9.59 Å². The minimum Gasteiger partial charge on any atom is -0.340 e. The van der Waals surface area contributed by atoms with Crippen molar-refractivity contribution in [2.75, 3.05) is 18.8 Å². The predicted octanol–water partition coefficient (Wildman–Crippen LogP) is 1.54. The third-order valence-corrected chi connectivity index (χ3v) is 5.95. The maximum absolute atomic E-state index is 12.7. The van der Waals surface area contributed by atoms with Crippen molar-refractivity contribution in [1.82, 2.24) is 10.2 Å². The Hall–Kier alpha value is -0.710. The van der Waals surface area contributed by atoms with Crippen molar-refractivity contribution in [3.05, 3.63) is 0 Å². The average Bonchev–Trinajstić information content (AvgIpc) is 2.89. The molecule has 5 heteroatoms. The molecule has 3 rings (SSSR count). The number of carbonyl (C=O) groups is 2. The molecule has 0 aromatic heterocycles. The summed E-state index contributed by atoms with van der Waals surface area (Å²) in [5.41, 5.74) is -0.559. The van der Waals surface area contributed by atoms with Gasteiger partial charge < -0.3 is 10.2 Å². The predicted molar refractivity (Wildman–Crippen MR) is 76.0 cm³/mol. The average molecular weight is 282 g/mol. The fourth-order valence-electron chi connectivity index (χ4n) is 3.58. The normalized spacial score (nSPS) is 30.7. The van der Waals surface area contributed by atoms with Crippen LogP contribution in [0, 0.1) is 0 Å². The Morgan fingerprint density at radius 2 is 2.00 bits per heavy atom. The zero-order valence-corrected chi connectivity index (χ0v) is 12.1. The van der Waals surface area contributed by atoms with Crippen molar-refractivity contribution >= 4 is 23.6 Å². The first kappa shape index (κ1) is 13.3. The second-order valence-electron chi connectivity index (χ2n) is 6.01. The second-order valence-corrected chi connectivity index (χ2v) is 7.42. The van der Waals surface area contributed by atoms with Gasteiger partial charge in [0.1, 0.15) is 5.54 Å². The van der Waals surface area contributed by atoms with Gasteiger partial charge in [0.15, 0.2) is 0 Å². The Bertz CT molecular complexity index is 374. The molecule has 2 amide bonds. The monoisotopic (exact) mass is 282 g/mol. The van der Waals surface area contributed by atoms with Crippen molar-refractivity contribution in [2.24, 2.45) is 0 Å². The molecule has 4 nitrogen and oxygen atoms in total. The third kappa shape index (κ3) is 2.62. The molecule has 1 saturated carbocycles. The van der Waals surface area contributed by atoms with Crippen molar-refractivity contribution in [3.63, 3.8) is 0 Å². The van der Waals surface area contributed by atoms with E-state index < -0.39 is 5.54 Å². The molecule has 2 saturated heterocycles. The molecule has 3 aliphatic rings. The maximum atomic E-state index is 12.7. The smallest absolute Gasteiger partial charge is 0.248 e. The minimum atomic E-state index is -0.559. The number of amides is 2. The number of carbonyl (C=O) groups excluding carboxylic acids is 2. The van der Waals surface area contributed by atoms with E-state index in [1.807, 2.05) is 16.7 Å². The van der Waals surface area contributed by atoms with Crippen LogP contribution in [0.15, 0.2) is 0 Å². The number of nitrogens with zero attached hydrogens (tertiary/aromatic N) is 1. The third-order valence-electron chi connectivity index (χ3n) is 4.56. The first-order valence-electron chi connectivity index (χ1n) is 7.42. The first-order chi connectivity index (χ1) is 9.20. The van der Waals surface area contributed by atoms with Gasteiger partial charge in [0.05, 0.1) is 6.54 Å². The van der Waals surface area contributed by atoms with Crippen LogP contribution in [0.25, 0.3) is 0 Å². The van der Waals surface area contributed by atoms with Crippen molar-refractivity contribution in [1.29, 1.82) is 0 Å².